The van der Waals surface area contributed by atoms with Crippen LogP contribution in [-0.4, -0.2) is 27.9 Å². The Balaban J connectivity index is 2.32. The van der Waals surface area contributed by atoms with Gasteiger partial charge in [-0.3, -0.25) is 0 Å². The van der Waals surface area contributed by atoms with Crippen molar-refractivity contribution in [1.82, 2.24) is 0 Å². The first kappa shape index (κ1) is 24.0. The zero-order chi connectivity index (χ0) is 22.1. The molecule has 0 aliphatic heterocycles. The lowest BCUT2D eigenvalue weighted by Gasteiger charge is -2.30. The number of sulfonamides is 1. The van der Waals surface area contributed by atoms with Crippen molar-refractivity contribution in [3.8, 4) is 11.5 Å². The van der Waals surface area contributed by atoms with Crippen LogP contribution in [0.3, 0.4) is 0 Å². The van der Waals surface area contributed by atoms with Crippen LogP contribution in [-0.2, 0) is 22.9 Å². The normalized spacial score (nSPS) is 13.6. The molecule has 0 bridgehead atoms. The second-order valence-electron chi connectivity index (χ2n) is 7.72. The van der Waals surface area contributed by atoms with Gasteiger partial charge in [0.1, 0.15) is 11.5 Å². The predicted octanol–water partition coefficient (Wildman–Crippen LogP) is 4.36. The summed E-state index contributed by atoms with van der Waals surface area (Å²) < 4.78 is 35.2. The number of hydrogen-bond acceptors (Lipinski definition) is 4. The topological polar surface area (TPSA) is 78.6 Å². The molecule has 6 heteroatoms. The summed E-state index contributed by atoms with van der Waals surface area (Å²) in [5, 5.41) is 5.01. The smallest absolute Gasteiger partial charge is 0.212 e. The number of rotatable bonds is 12. The molecule has 2 N–H and O–H groups in total. The largest absolute Gasteiger partial charge is 0.497 e. The number of primary sulfonamides is 1. The van der Waals surface area contributed by atoms with Gasteiger partial charge in [-0.05, 0) is 72.9 Å². The van der Waals surface area contributed by atoms with Gasteiger partial charge in [-0.1, -0.05) is 37.3 Å². The Bertz CT molecular complexity index is 842. The van der Waals surface area contributed by atoms with Crippen molar-refractivity contribution < 1.29 is 17.9 Å². The maximum absolute atomic E-state index is 12.4. The summed E-state index contributed by atoms with van der Waals surface area (Å²) in [6.45, 7) is 5.72. The van der Waals surface area contributed by atoms with Crippen molar-refractivity contribution >= 4 is 10.0 Å². The highest BCUT2D eigenvalue weighted by molar-refractivity contribution is 7.89. The lowest BCUT2D eigenvalue weighted by molar-refractivity contribution is 0.326. The van der Waals surface area contributed by atoms with Gasteiger partial charge >= 0.3 is 0 Å². The van der Waals surface area contributed by atoms with E-state index in [0.29, 0.717) is 12.8 Å². The molecule has 2 atom stereocenters. The zero-order valence-corrected chi connectivity index (χ0v) is 18.9. The zero-order valence-electron chi connectivity index (χ0n) is 18.1. The average molecular weight is 432 g/mol. The molecular formula is C24H33NO4S. The monoisotopic (exact) mass is 431 g/mol. The lowest BCUT2D eigenvalue weighted by atomic mass is 9.80. The summed E-state index contributed by atoms with van der Waals surface area (Å²) in [4.78, 5) is 0. The summed E-state index contributed by atoms with van der Waals surface area (Å²) >= 11 is 0. The van der Waals surface area contributed by atoms with Crippen LogP contribution in [0.25, 0.3) is 0 Å². The van der Waals surface area contributed by atoms with E-state index in [1.165, 1.54) is 0 Å². The Morgan fingerprint density at radius 2 is 1.37 bits per heavy atom. The van der Waals surface area contributed by atoms with Crippen LogP contribution in [0.4, 0.5) is 0 Å². The molecule has 0 aliphatic rings. The molecule has 5 nitrogen and oxygen atoms in total. The van der Waals surface area contributed by atoms with E-state index in [1.54, 1.807) is 20.3 Å². The molecule has 0 amide bonds. The maximum Gasteiger partial charge on any atom is 0.212 e. The molecule has 0 fully saturated rings. The number of allylic oxidation sites excluding steroid dienone is 1. The van der Waals surface area contributed by atoms with E-state index in [4.69, 9.17) is 14.6 Å². The van der Waals surface area contributed by atoms with Crippen LogP contribution < -0.4 is 14.6 Å². The van der Waals surface area contributed by atoms with Crippen LogP contribution in [0.1, 0.15) is 30.9 Å². The maximum atomic E-state index is 12.4. The number of hydrogen-bond donors (Lipinski definition) is 1. The third kappa shape index (κ3) is 6.89. The Morgan fingerprint density at radius 3 is 1.70 bits per heavy atom. The molecule has 30 heavy (non-hydrogen) atoms. The third-order valence-corrected chi connectivity index (χ3v) is 7.23. The van der Waals surface area contributed by atoms with Crippen molar-refractivity contribution in [3.05, 3.63) is 72.3 Å². The third-order valence-electron chi connectivity index (χ3n) is 5.72. The highest BCUT2D eigenvalue weighted by atomic mass is 32.2. The van der Waals surface area contributed by atoms with E-state index in [0.717, 1.165) is 35.5 Å². The van der Waals surface area contributed by atoms with Crippen LogP contribution >= 0.6 is 0 Å². The van der Waals surface area contributed by atoms with Crippen molar-refractivity contribution in [1.29, 1.82) is 0 Å². The molecule has 0 saturated carbocycles. The fourth-order valence-electron chi connectivity index (χ4n) is 3.88. The second kappa shape index (κ2) is 11.2. The fraction of sp³-hybridized carbons (Fsp3) is 0.417. The number of ether oxygens (including phenoxy) is 2. The molecule has 0 aromatic heterocycles. The van der Waals surface area contributed by atoms with Gasteiger partial charge < -0.3 is 9.47 Å². The van der Waals surface area contributed by atoms with E-state index in [2.05, 4.69) is 6.58 Å². The lowest BCUT2D eigenvalue weighted by Crippen LogP contribution is -2.38. The molecule has 164 valence electrons. The molecule has 0 radical (unpaired) electrons. The van der Waals surface area contributed by atoms with Gasteiger partial charge in [0, 0.05) is 0 Å². The average Bonchev–Trinajstić information content (AvgIpc) is 2.73. The first-order valence-electron chi connectivity index (χ1n) is 10.2. The standard InChI is InChI=1S/C24H33NO4S/c1-5-6-7-24(30(25,26)27)18(2)21(16-19-8-12-22(28-3)13-9-19)17-20-10-14-23(29-4)15-11-20/h5,8-15,18,21,24H,1,6-7,16-17H2,2-4H3,(H2,25,26,27). The summed E-state index contributed by atoms with van der Waals surface area (Å²) in [7, 11) is -0.398. The minimum Gasteiger partial charge on any atom is -0.497 e. The summed E-state index contributed by atoms with van der Waals surface area (Å²) in [6.07, 6.45) is 4.33. The molecule has 0 heterocycles. The Hall–Kier alpha value is -2.31. The van der Waals surface area contributed by atoms with Gasteiger partial charge in [-0.15, -0.1) is 6.58 Å². The SMILES string of the molecule is C=CCCC(C(C)C(Cc1ccc(OC)cc1)Cc1ccc(OC)cc1)S(N)(=O)=O. The molecule has 2 aromatic rings. The van der Waals surface area contributed by atoms with Crippen molar-refractivity contribution in [2.24, 2.45) is 17.0 Å². The Kier molecular flexibility index (Phi) is 8.93. The highest BCUT2D eigenvalue weighted by Crippen LogP contribution is 2.30. The van der Waals surface area contributed by atoms with Gasteiger partial charge in [-0.2, -0.15) is 0 Å². The molecule has 0 saturated heterocycles. The van der Waals surface area contributed by atoms with Gasteiger partial charge in [-0.25, -0.2) is 13.6 Å². The number of benzene rings is 2. The predicted molar refractivity (Wildman–Crippen MR) is 122 cm³/mol. The van der Waals surface area contributed by atoms with Crippen molar-refractivity contribution in [3.63, 3.8) is 0 Å². The van der Waals surface area contributed by atoms with E-state index in [9.17, 15) is 8.42 Å². The van der Waals surface area contributed by atoms with Crippen LogP contribution in [0, 0.1) is 11.8 Å². The van der Waals surface area contributed by atoms with E-state index >= 15 is 0 Å². The molecule has 2 aromatic carbocycles. The van der Waals surface area contributed by atoms with Gasteiger partial charge in [0.05, 0.1) is 19.5 Å². The summed E-state index contributed by atoms with van der Waals surface area (Å²) in [5.41, 5.74) is 2.27. The highest BCUT2D eigenvalue weighted by Gasteiger charge is 2.33. The van der Waals surface area contributed by atoms with Crippen molar-refractivity contribution in [2.75, 3.05) is 14.2 Å². The van der Waals surface area contributed by atoms with Gasteiger partial charge in [0.15, 0.2) is 0 Å². The minimum absolute atomic E-state index is 0.0972. The van der Waals surface area contributed by atoms with Gasteiger partial charge in [0.2, 0.25) is 10.0 Å². The molecule has 2 unspecified atom stereocenters. The Morgan fingerprint density at radius 1 is 0.933 bits per heavy atom. The van der Waals surface area contributed by atoms with Crippen LogP contribution in [0.5, 0.6) is 11.5 Å². The molecule has 0 spiro atoms. The molecular weight excluding hydrogens is 398 g/mol. The fourth-order valence-corrected chi connectivity index (χ4v) is 5.17. The molecule has 2 rings (SSSR count). The quantitative estimate of drug-likeness (QED) is 0.506. The first-order chi connectivity index (χ1) is 14.3. The van der Waals surface area contributed by atoms with Crippen molar-refractivity contribution in [2.45, 2.75) is 37.9 Å². The first-order valence-corrected chi connectivity index (χ1v) is 11.8. The minimum atomic E-state index is -3.68. The molecule has 0 aliphatic carbocycles. The van der Waals surface area contributed by atoms with E-state index in [1.807, 2.05) is 55.5 Å². The summed E-state index contributed by atoms with van der Waals surface area (Å²) in [6, 6.07) is 15.8. The second-order valence-corrected chi connectivity index (χ2v) is 9.50. The van der Waals surface area contributed by atoms with Gasteiger partial charge in [0.25, 0.3) is 0 Å². The van der Waals surface area contributed by atoms with E-state index < -0.39 is 15.3 Å². The van der Waals surface area contributed by atoms with Crippen LogP contribution in [0.15, 0.2) is 61.2 Å². The number of nitrogens with two attached hydrogens (primary N) is 1. The van der Waals surface area contributed by atoms with E-state index in [-0.39, 0.29) is 11.8 Å². The Labute approximate surface area is 181 Å². The number of methoxy groups -OCH3 is 2. The van der Waals surface area contributed by atoms with Crippen LogP contribution in [0.2, 0.25) is 0 Å². The summed E-state index contributed by atoms with van der Waals surface area (Å²) in [5.74, 6) is 1.57.